The van der Waals surface area contributed by atoms with Crippen molar-refractivity contribution in [2.24, 2.45) is 11.3 Å². The third kappa shape index (κ3) is 13.3. The fourth-order valence-corrected chi connectivity index (χ4v) is 10.00. The van der Waals surface area contributed by atoms with Gasteiger partial charge >= 0.3 is 0 Å². The Hall–Kier alpha value is -1.31. The molecule has 7 nitrogen and oxygen atoms in total. The van der Waals surface area contributed by atoms with E-state index in [0.29, 0.717) is 17.9 Å². The number of anilines is 1. The molecule has 3 heterocycles. The molecule has 49 heavy (non-hydrogen) atoms. The highest BCUT2D eigenvalue weighted by atomic mass is 15.2. The van der Waals surface area contributed by atoms with E-state index in [1.807, 2.05) is 0 Å². The van der Waals surface area contributed by atoms with Crippen molar-refractivity contribution in [2.75, 3.05) is 11.9 Å². The zero-order valence-electron chi connectivity index (χ0n) is 35.3. The number of aromatic nitrogens is 3. The number of hydrogen-bond donors (Lipinski definition) is 4. The molecule has 0 aromatic carbocycles. The summed E-state index contributed by atoms with van der Waals surface area (Å²) in [5.74, 6) is 3.56. The third-order valence-electron chi connectivity index (χ3n) is 11.4. The topological polar surface area (TPSA) is 86.8 Å². The van der Waals surface area contributed by atoms with Crippen LogP contribution in [0.3, 0.4) is 0 Å². The summed E-state index contributed by atoms with van der Waals surface area (Å²) in [4.78, 5) is 15.9. The van der Waals surface area contributed by atoms with Crippen molar-refractivity contribution < 1.29 is 0 Å². The second-order valence-corrected chi connectivity index (χ2v) is 21.2. The number of rotatable bonds is 16. The van der Waals surface area contributed by atoms with Crippen LogP contribution < -0.4 is 21.3 Å². The molecule has 1 unspecified atom stereocenters. The molecule has 2 aliphatic heterocycles. The average Bonchev–Trinajstić information content (AvgIpc) is 2.88. The predicted molar refractivity (Wildman–Crippen MR) is 212 cm³/mol. The van der Waals surface area contributed by atoms with Gasteiger partial charge in [0.15, 0.2) is 0 Å². The molecule has 2 saturated heterocycles. The summed E-state index contributed by atoms with van der Waals surface area (Å²) in [5.41, 5.74) is 0.495. The lowest BCUT2D eigenvalue weighted by Gasteiger charge is -2.48. The lowest BCUT2D eigenvalue weighted by atomic mass is 9.69. The van der Waals surface area contributed by atoms with E-state index < -0.39 is 0 Å². The summed E-state index contributed by atoms with van der Waals surface area (Å²) in [6.07, 6.45) is 13.8. The van der Waals surface area contributed by atoms with Gasteiger partial charge in [-0.25, -0.2) is 4.98 Å². The van der Waals surface area contributed by atoms with Gasteiger partial charge in [0.25, 0.3) is 0 Å². The van der Waals surface area contributed by atoms with E-state index in [2.05, 4.69) is 132 Å². The molecule has 0 radical (unpaired) electrons. The van der Waals surface area contributed by atoms with Gasteiger partial charge in [0.05, 0.1) is 0 Å². The molecule has 0 bridgehead atoms. The van der Waals surface area contributed by atoms with Gasteiger partial charge < -0.3 is 21.3 Å². The Morgan fingerprint density at radius 2 is 1.20 bits per heavy atom. The Morgan fingerprint density at radius 1 is 0.694 bits per heavy atom. The van der Waals surface area contributed by atoms with Crippen molar-refractivity contribution in [3.8, 4) is 0 Å². The van der Waals surface area contributed by atoms with E-state index in [1.165, 1.54) is 38.5 Å². The van der Waals surface area contributed by atoms with Gasteiger partial charge in [-0.2, -0.15) is 9.97 Å². The molecule has 2 fully saturated rings. The predicted octanol–water partition coefficient (Wildman–Crippen LogP) is 10.1. The van der Waals surface area contributed by atoms with Crippen molar-refractivity contribution in [1.29, 1.82) is 0 Å². The molecule has 7 heteroatoms. The van der Waals surface area contributed by atoms with Crippen molar-refractivity contribution in [3.63, 3.8) is 0 Å². The molecule has 0 amide bonds. The lowest BCUT2D eigenvalue weighted by Crippen LogP contribution is -2.61. The Balaban J connectivity index is 1.83. The molecular formula is C42H81N7. The minimum atomic E-state index is -0.134. The van der Waals surface area contributed by atoms with E-state index in [-0.39, 0.29) is 38.5 Å². The fraction of sp³-hybridized carbons (Fsp3) is 0.929. The SMILES string of the molecule is CCC(C)(CC)c1nc(NC(C)(C)CC(C)(C)C)nc(C(CCCCCCNC2CC(C)(C)NC(C)(C)C2)C2CC(C)(C)NC(C)(C)C2)n1. The zero-order chi connectivity index (χ0) is 37.1. The molecule has 1 aromatic heterocycles. The highest BCUT2D eigenvalue weighted by Crippen LogP contribution is 2.43. The monoisotopic (exact) mass is 684 g/mol. The standard InChI is InChI=1S/C42H81N7/c1-17-42(16,18-2)34-44-33(45-35(46-34)47-41(14,15)29-36(3,4)5)32(30-25-37(6,7)48-38(8,9)26-30)23-21-19-20-22-24-43-31-27-39(10,11)49-40(12,13)28-31/h30-32,43,48-49H,17-29H2,1-16H3,(H,44,45,46,47). The van der Waals surface area contributed by atoms with Gasteiger partial charge in [-0.15, -0.1) is 0 Å². The maximum atomic E-state index is 5.43. The van der Waals surface area contributed by atoms with E-state index in [9.17, 15) is 0 Å². The molecule has 1 atom stereocenters. The average molecular weight is 684 g/mol. The van der Waals surface area contributed by atoms with Gasteiger partial charge in [-0.3, -0.25) is 0 Å². The van der Waals surface area contributed by atoms with Crippen molar-refractivity contribution in [1.82, 2.24) is 30.9 Å². The summed E-state index contributed by atoms with van der Waals surface area (Å²) >= 11 is 0. The van der Waals surface area contributed by atoms with Gasteiger partial charge in [0.2, 0.25) is 5.95 Å². The van der Waals surface area contributed by atoms with Crippen molar-refractivity contribution in [3.05, 3.63) is 11.6 Å². The van der Waals surface area contributed by atoms with E-state index in [1.54, 1.807) is 0 Å². The van der Waals surface area contributed by atoms with Crippen LogP contribution in [0.1, 0.15) is 205 Å². The fourth-order valence-electron chi connectivity index (χ4n) is 10.00. The van der Waals surface area contributed by atoms with Gasteiger partial charge in [0.1, 0.15) is 11.6 Å². The summed E-state index contributed by atoms with van der Waals surface area (Å²) < 4.78 is 0. The lowest BCUT2D eigenvalue weighted by molar-refractivity contribution is 0.107. The smallest absolute Gasteiger partial charge is 0.226 e. The third-order valence-corrected chi connectivity index (χ3v) is 11.4. The first-order chi connectivity index (χ1) is 22.3. The molecule has 2 aliphatic rings. The van der Waals surface area contributed by atoms with E-state index in [4.69, 9.17) is 15.0 Å². The summed E-state index contributed by atoms with van der Waals surface area (Å²) in [6, 6.07) is 0.591. The van der Waals surface area contributed by atoms with Gasteiger partial charge in [-0.05, 0) is 145 Å². The highest BCUT2D eigenvalue weighted by molar-refractivity contribution is 5.31. The van der Waals surface area contributed by atoms with E-state index >= 15 is 0 Å². The summed E-state index contributed by atoms with van der Waals surface area (Å²) in [6.45, 7) is 38.4. The van der Waals surface area contributed by atoms with Crippen LogP contribution in [-0.2, 0) is 5.41 Å². The zero-order valence-corrected chi connectivity index (χ0v) is 35.3. The van der Waals surface area contributed by atoms with Crippen LogP contribution in [0, 0.1) is 11.3 Å². The van der Waals surface area contributed by atoms with Gasteiger partial charge in [0, 0.05) is 45.1 Å². The Kier molecular flexibility index (Phi) is 13.5. The van der Waals surface area contributed by atoms with Crippen molar-refractivity contribution >= 4 is 5.95 Å². The van der Waals surface area contributed by atoms with Crippen LogP contribution in [0.5, 0.6) is 0 Å². The van der Waals surface area contributed by atoms with Crippen LogP contribution >= 0.6 is 0 Å². The number of piperidine rings is 2. The minimum absolute atomic E-state index is 0.0705. The molecule has 0 spiro atoms. The molecular weight excluding hydrogens is 603 g/mol. The maximum absolute atomic E-state index is 5.43. The second-order valence-electron chi connectivity index (χ2n) is 21.2. The van der Waals surface area contributed by atoms with Crippen LogP contribution in [0.25, 0.3) is 0 Å². The van der Waals surface area contributed by atoms with Crippen LogP contribution in [0.4, 0.5) is 5.95 Å². The second kappa shape index (κ2) is 15.7. The largest absolute Gasteiger partial charge is 0.349 e. The first-order valence-corrected chi connectivity index (χ1v) is 20.1. The first-order valence-electron chi connectivity index (χ1n) is 20.1. The molecule has 0 saturated carbocycles. The minimum Gasteiger partial charge on any atom is -0.349 e. The Labute approximate surface area is 304 Å². The van der Waals surface area contributed by atoms with Crippen LogP contribution in [0.2, 0.25) is 0 Å². The van der Waals surface area contributed by atoms with Crippen molar-refractivity contribution in [2.45, 2.75) is 233 Å². The van der Waals surface area contributed by atoms with Crippen LogP contribution in [0.15, 0.2) is 0 Å². The first kappa shape index (κ1) is 42.1. The summed E-state index contributed by atoms with van der Waals surface area (Å²) in [7, 11) is 0. The summed E-state index contributed by atoms with van der Waals surface area (Å²) in [5, 5.41) is 15.5. The number of hydrogen-bond acceptors (Lipinski definition) is 7. The highest BCUT2D eigenvalue weighted by Gasteiger charge is 2.43. The number of nitrogens with zero attached hydrogens (tertiary/aromatic N) is 3. The molecule has 1 aromatic rings. The van der Waals surface area contributed by atoms with E-state index in [0.717, 1.165) is 62.7 Å². The normalized spacial score (nSPS) is 22.2. The Bertz CT molecular complexity index is 1160. The molecule has 4 N–H and O–H groups in total. The Morgan fingerprint density at radius 3 is 1.71 bits per heavy atom. The van der Waals surface area contributed by atoms with Crippen LogP contribution in [-0.4, -0.2) is 55.2 Å². The molecule has 284 valence electrons. The van der Waals surface area contributed by atoms with Gasteiger partial charge in [-0.1, -0.05) is 60.8 Å². The number of unbranched alkanes of at least 4 members (excludes halogenated alkanes) is 3. The molecule has 3 rings (SSSR count). The molecule has 0 aliphatic carbocycles. The number of nitrogens with one attached hydrogen (secondary N) is 4. The maximum Gasteiger partial charge on any atom is 0.226 e. The quantitative estimate of drug-likeness (QED) is 0.129.